The Hall–Kier alpha value is -12.3. The van der Waals surface area contributed by atoms with Crippen LogP contribution >= 0.6 is 22.7 Å². The van der Waals surface area contributed by atoms with Crippen molar-refractivity contribution < 1.29 is 77.7 Å². The number of aromatic nitrogens is 18. The number of halogens is 2. The number of thiazole rings is 2. The van der Waals surface area contributed by atoms with Gasteiger partial charge in [0, 0.05) is 105 Å². The van der Waals surface area contributed by atoms with Crippen LogP contribution in [0.2, 0.25) is 0 Å². The lowest BCUT2D eigenvalue weighted by atomic mass is 10.1. The summed E-state index contributed by atoms with van der Waals surface area (Å²) in [5.41, 5.74) is 11.1. The van der Waals surface area contributed by atoms with Crippen LogP contribution in [-0.2, 0) is 42.3 Å². The first kappa shape index (κ1) is 78.1. The molecule has 0 amide bonds. The molecule has 0 radical (unpaired) electrons. The Kier molecular flexibility index (Phi) is 26.3. The highest BCUT2D eigenvalue weighted by atomic mass is 32.1. The number of aliphatic hydroxyl groups is 2. The minimum absolute atomic E-state index is 0.0652. The average Bonchev–Trinajstić information content (AvgIpc) is 1.69. The van der Waals surface area contributed by atoms with Crippen molar-refractivity contribution in [2.24, 2.45) is 42.3 Å². The topological polar surface area (TPSA) is 427 Å². The number of carboxylic acids is 4. The van der Waals surface area contributed by atoms with Crippen LogP contribution in [0.25, 0.3) is 66.2 Å². The summed E-state index contributed by atoms with van der Waals surface area (Å²) in [4.78, 5) is 93.2. The van der Waals surface area contributed by atoms with Crippen LogP contribution in [0.15, 0.2) is 103 Å². The molecule has 0 saturated heterocycles. The smallest absolute Gasteiger partial charge is 0.354 e. The molecule has 0 aliphatic rings. The molecule has 0 bridgehead atoms. The highest BCUT2D eigenvalue weighted by Crippen LogP contribution is 2.35. The number of methoxy groups -OCH3 is 2. The minimum Gasteiger partial charge on any atom is -0.497 e. The lowest BCUT2D eigenvalue weighted by molar-refractivity contribution is 0.0675. The molecule has 0 aromatic carbocycles. The third-order valence-electron chi connectivity index (χ3n) is 14.6. The van der Waals surface area contributed by atoms with E-state index in [0.717, 1.165) is 39.5 Å². The largest absolute Gasteiger partial charge is 0.497 e. The van der Waals surface area contributed by atoms with E-state index in [0.29, 0.717) is 83.4 Å². The standard InChI is InChI=1S/C13H15N3O2.C12H13N3O3.C12H13N3O2.C11H11N3O3.C10H9F2N3O2S.C9H9N3O2S/c1-8-4-9(2)15-11(5-8)10-6-14-16(3)13(10)12(18)7-17;1-15-12(11(17)7-16)9(6-14-15)10-5-8(18-2)3-4-13-10;1-7-4-8(2)14-10(5-7)9-6-13-15(3)11(9)12(16)17;1-14-10(11(15)16)8(6-13-14)9-5-7(17-2)3-4-12-9;1-4-6(8(11)12)14-9(18-4)5-3-13-15(2)7(5)10(16)17;1-5-4-15-8(11-5)6-3-10-12(2)7(6)9(13)14/h4-6,17H,7H2,1-3H3;3-6,16H,7H2,1-2H3;4-6H,1-3H3,(H,16,17);3-6H,1-2H3,(H,15,16);3,8H,1-2H3,(H,16,17);3-4H,1-2H3,(H,13,14). The van der Waals surface area contributed by atoms with Gasteiger partial charge in [-0.3, -0.25) is 57.6 Å². The number of ether oxygens (including phenoxy) is 2. The maximum Gasteiger partial charge on any atom is 0.354 e. The van der Waals surface area contributed by atoms with Crippen molar-refractivity contribution in [3.63, 3.8) is 0 Å². The van der Waals surface area contributed by atoms with Gasteiger partial charge in [0.25, 0.3) is 6.43 Å². The number of aliphatic hydroxyl groups excluding tert-OH is 2. The molecule has 103 heavy (non-hydrogen) atoms. The summed E-state index contributed by atoms with van der Waals surface area (Å²) in [7, 11) is 12.7. The van der Waals surface area contributed by atoms with Gasteiger partial charge in [0.05, 0.1) is 96.4 Å². The highest BCUT2D eigenvalue weighted by Gasteiger charge is 2.26. The maximum atomic E-state index is 12.6. The zero-order chi connectivity index (χ0) is 75.8. The first-order valence-electron chi connectivity index (χ1n) is 30.3. The molecule has 538 valence electrons. The maximum absolute atomic E-state index is 12.6. The number of rotatable bonds is 17. The fourth-order valence-corrected chi connectivity index (χ4v) is 11.8. The number of aryl methyl sites for hydroxylation is 12. The number of carboxylic acid groups (broad SMARTS) is 4. The molecular formula is C67H70F2N18O14S2. The molecule has 36 heteroatoms. The number of pyridine rings is 4. The number of aromatic carboxylic acids is 4. The number of Topliss-reactive ketones (excluding diaryl/α,β-unsaturated/α-hetero) is 2. The van der Waals surface area contributed by atoms with E-state index in [9.17, 15) is 37.5 Å². The number of nitrogens with zero attached hydrogens (tertiary/aromatic N) is 18. The van der Waals surface area contributed by atoms with E-state index < -0.39 is 49.3 Å². The van der Waals surface area contributed by atoms with Crippen LogP contribution in [0.5, 0.6) is 11.5 Å². The van der Waals surface area contributed by atoms with Gasteiger partial charge in [0.15, 0.2) is 22.8 Å². The predicted octanol–water partition coefficient (Wildman–Crippen LogP) is 8.96. The molecule has 6 N–H and O–H groups in total. The Bertz CT molecular complexity index is 5020. The SMILES string of the molecule is COc1ccnc(-c2cnn(C)c2C(=O)CO)c1.COc1ccnc(-c2cnn(C)c2C(=O)O)c1.Cc1cc(C)nc(-c2cnn(C)c2C(=O)CO)c1.Cc1cc(C)nc(-c2cnn(C)c2C(=O)O)c1.Cc1csc(-c2cnn(C)c2C(=O)O)n1.Cc1sc(-c2cnn(C)c2C(=O)O)nc1C(F)F. The summed E-state index contributed by atoms with van der Waals surface area (Å²) in [5.74, 6) is -3.68. The summed E-state index contributed by atoms with van der Waals surface area (Å²) in [5, 5.41) is 80.8. The van der Waals surface area contributed by atoms with Gasteiger partial charge in [-0.1, -0.05) is 0 Å². The van der Waals surface area contributed by atoms with Gasteiger partial charge in [-0.2, -0.15) is 30.6 Å². The number of carbonyl (C=O) groups is 6. The number of hydrogen-bond acceptors (Lipinski definition) is 24. The van der Waals surface area contributed by atoms with Crippen molar-refractivity contribution in [2.45, 2.75) is 48.0 Å². The predicted molar refractivity (Wildman–Crippen MR) is 372 cm³/mol. The van der Waals surface area contributed by atoms with Crippen LogP contribution in [0.4, 0.5) is 8.78 Å². The second-order valence-corrected chi connectivity index (χ2v) is 24.2. The summed E-state index contributed by atoms with van der Waals surface area (Å²) >= 11 is 2.45. The summed E-state index contributed by atoms with van der Waals surface area (Å²) in [6.07, 6.45) is 9.49. The first-order chi connectivity index (χ1) is 48.8. The fourth-order valence-electron chi connectivity index (χ4n) is 10.0. The Balaban J connectivity index is 0.000000173. The van der Waals surface area contributed by atoms with Crippen LogP contribution in [-0.4, -0.2) is 182 Å². The highest BCUT2D eigenvalue weighted by molar-refractivity contribution is 7.15. The normalized spacial score (nSPS) is 10.6. The van der Waals surface area contributed by atoms with Crippen molar-refractivity contribution in [1.82, 2.24) is 88.6 Å². The molecule has 12 aromatic rings. The van der Waals surface area contributed by atoms with E-state index >= 15 is 0 Å². The summed E-state index contributed by atoms with van der Waals surface area (Å²) in [6, 6.07) is 14.5. The number of hydrogen-bond donors (Lipinski definition) is 6. The Labute approximate surface area is 593 Å². The van der Waals surface area contributed by atoms with E-state index in [2.05, 4.69) is 60.5 Å². The van der Waals surface area contributed by atoms with Gasteiger partial charge in [0.2, 0.25) is 11.6 Å². The van der Waals surface area contributed by atoms with E-state index in [1.807, 2.05) is 64.3 Å². The molecular weight excluding hydrogens is 1380 g/mol. The van der Waals surface area contributed by atoms with Gasteiger partial charge < -0.3 is 40.1 Å². The fraction of sp³-hybridized carbons (Fsp3) is 0.254. The van der Waals surface area contributed by atoms with Gasteiger partial charge in [-0.05, 0) is 89.1 Å². The minimum atomic E-state index is -2.67. The van der Waals surface area contributed by atoms with E-state index in [1.54, 1.807) is 98.5 Å². The number of ketones is 2. The Morgan fingerprint density at radius 3 is 1.09 bits per heavy atom. The zero-order valence-electron chi connectivity index (χ0n) is 57.9. The van der Waals surface area contributed by atoms with Crippen LogP contribution in [0.3, 0.4) is 0 Å². The van der Waals surface area contributed by atoms with E-state index in [-0.39, 0.29) is 44.8 Å². The van der Waals surface area contributed by atoms with Crippen molar-refractivity contribution in [3.8, 4) is 77.7 Å². The summed E-state index contributed by atoms with van der Waals surface area (Å²) in [6.45, 7) is 10.0. The molecule has 12 aromatic heterocycles. The molecule has 0 atom stereocenters. The van der Waals surface area contributed by atoms with Crippen LogP contribution in [0, 0.1) is 41.5 Å². The molecule has 0 saturated carbocycles. The lowest BCUT2D eigenvalue weighted by Crippen LogP contribution is -2.12. The molecule has 0 aliphatic heterocycles. The molecule has 0 fully saturated rings. The van der Waals surface area contributed by atoms with Gasteiger partial charge in [-0.25, -0.2) is 37.9 Å². The zero-order valence-corrected chi connectivity index (χ0v) is 59.5. The van der Waals surface area contributed by atoms with Gasteiger partial charge >= 0.3 is 23.9 Å². The number of alkyl halides is 2. The quantitative estimate of drug-likeness (QED) is 0.0463. The molecule has 12 heterocycles. The Morgan fingerprint density at radius 1 is 0.437 bits per heavy atom. The Morgan fingerprint density at radius 2 is 0.767 bits per heavy atom. The van der Waals surface area contributed by atoms with Crippen LogP contribution < -0.4 is 9.47 Å². The van der Waals surface area contributed by atoms with Crippen molar-refractivity contribution >= 4 is 58.1 Å². The van der Waals surface area contributed by atoms with Crippen LogP contribution in [0.1, 0.15) is 108 Å². The summed E-state index contributed by atoms with van der Waals surface area (Å²) < 4.78 is 43.5. The molecule has 0 aliphatic carbocycles. The molecule has 32 nitrogen and oxygen atoms in total. The van der Waals surface area contributed by atoms with E-state index in [1.165, 1.54) is 78.2 Å². The van der Waals surface area contributed by atoms with Crippen molar-refractivity contribution in [1.29, 1.82) is 0 Å². The van der Waals surface area contributed by atoms with Crippen molar-refractivity contribution in [2.75, 3.05) is 27.4 Å². The third-order valence-corrected chi connectivity index (χ3v) is 16.6. The molecule has 12 rings (SSSR count). The lowest BCUT2D eigenvalue weighted by Gasteiger charge is -2.05. The van der Waals surface area contributed by atoms with Crippen molar-refractivity contribution in [3.05, 3.63) is 176 Å². The monoisotopic (exact) mass is 1450 g/mol. The van der Waals surface area contributed by atoms with E-state index in [4.69, 9.17) is 40.1 Å². The second-order valence-electron chi connectivity index (χ2n) is 22.1. The average molecular weight is 1450 g/mol. The molecule has 0 unspecified atom stereocenters. The first-order valence-corrected chi connectivity index (χ1v) is 32.0. The second kappa shape index (κ2) is 34.7. The number of carbonyl (C=O) groups excluding carboxylic acids is 2. The van der Waals surface area contributed by atoms with Gasteiger partial charge in [-0.15, -0.1) is 22.7 Å². The van der Waals surface area contributed by atoms with Gasteiger partial charge in [0.1, 0.15) is 51.8 Å². The molecule has 0 spiro atoms. The third kappa shape index (κ3) is 19.0.